The van der Waals surface area contributed by atoms with Gasteiger partial charge >= 0.3 is 0 Å². The summed E-state index contributed by atoms with van der Waals surface area (Å²) in [6, 6.07) is 17.6. The first-order valence-corrected chi connectivity index (χ1v) is 9.66. The lowest BCUT2D eigenvalue weighted by Crippen LogP contribution is -2.52. The number of nitrogens with one attached hydrogen (secondary N) is 1. The minimum absolute atomic E-state index is 0.185. The van der Waals surface area contributed by atoms with Gasteiger partial charge in [-0.3, -0.25) is 15.0 Å². The molecule has 1 aliphatic heterocycles. The van der Waals surface area contributed by atoms with Crippen LogP contribution in [-0.2, 0) is 6.54 Å². The zero-order chi connectivity index (χ0) is 19.1. The monoisotopic (exact) mass is 383 g/mol. The fourth-order valence-corrected chi connectivity index (χ4v) is 3.34. The molecule has 2 aromatic carbocycles. The lowest BCUT2D eigenvalue weighted by atomic mass is 10.2. The van der Waals surface area contributed by atoms with Gasteiger partial charge in [-0.2, -0.15) is 0 Å². The molecule has 5 nitrogen and oxygen atoms in total. The van der Waals surface area contributed by atoms with Gasteiger partial charge in [-0.25, -0.2) is 0 Å². The number of piperazine rings is 1. The first-order chi connectivity index (χ1) is 13.2. The average Bonchev–Trinajstić information content (AvgIpc) is 2.70. The molecule has 3 rings (SSSR count). The third-order valence-electron chi connectivity index (χ3n) is 4.56. The summed E-state index contributed by atoms with van der Waals surface area (Å²) in [4.78, 5) is 16.9. The van der Waals surface area contributed by atoms with Crippen molar-refractivity contribution in [2.45, 2.75) is 13.5 Å². The largest absolute Gasteiger partial charge is 0.494 e. The van der Waals surface area contributed by atoms with E-state index in [9.17, 15) is 4.79 Å². The van der Waals surface area contributed by atoms with E-state index in [-0.39, 0.29) is 5.91 Å². The summed E-state index contributed by atoms with van der Waals surface area (Å²) < 4.78 is 5.40. The van der Waals surface area contributed by atoms with Gasteiger partial charge in [0.05, 0.1) is 6.61 Å². The highest BCUT2D eigenvalue weighted by Crippen LogP contribution is 2.13. The van der Waals surface area contributed by atoms with Crippen LogP contribution < -0.4 is 10.1 Å². The number of rotatable bonds is 5. The van der Waals surface area contributed by atoms with Gasteiger partial charge < -0.3 is 9.64 Å². The third-order valence-corrected chi connectivity index (χ3v) is 4.92. The molecule has 1 fully saturated rings. The Bertz CT molecular complexity index is 757. The van der Waals surface area contributed by atoms with Gasteiger partial charge in [-0.05, 0) is 49.0 Å². The van der Waals surface area contributed by atoms with Gasteiger partial charge in [0.2, 0.25) is 0 Å². The number of hydrogen-bond donors (Lipinski definition) is 1. The van der Waals surface area contributed by atoms with Crippen molar-refractivity contribution in [1.29, 1.82) is 0 Å². The fraction of sp³-hybridized carbons (Fsp3) is 0.333. The lowest BCUT2D eigenvalue weighted by Gasteiger charge is -2.36. The second-order valence-corrected chi connectivity index (χ2v) is 6.85. The van der Waals surface area contributed by atoms with Crippen LogP contribution in [0.5, 0.6) is 5.75 Å². The molecule has 0 aromatic heterocycles. The highest BCUT2D eigenvalue weighted by Gasteiger charge is 2.20. The maximum atomic E-state index is 12.4. The van der Waals surface area contributed by atoms with Crippen LogP contribution in [0.15, 0.2) is 54.6 Å². The van der Waals surface area contributed by atoms with Crippen molar-refractivity contribution in [3.63, 3.8) is 0 Å². The van der Waals surface area contributed by atoms with E-state index in [1.54, 1.807) is 24.3 Å². The Morgan fingerprint density at radius 2 is 1.70 bits per heavy atom. The molecule has 0 bridgehead atoms. The molecule has 0 spiro atoms. The number of carbonyl (C=O) groups is 1. The average molecular weight is 384 g/mol. The Balaban J connectivity index is 1.46. The molecule has 0 unspecified atom stereocenters. The van der Waals surface area contributed by atoms with E-state index in [1.807, 2.05) is 13.0 Å². The van der Waals surface area contributed by atoms with Gasteiger partial charge in [-0.1, -0.05) is 30.3 Å². The normalized spacial score (nSPS) is 14.6. The van der Waals surface area contributed by atoms with E-state index in [1.165, 1.54) is 5.56 Å². The second-order valence-electron chi connectivity index (χ2n) is 6.47. The molecule has 1 N–H and O–H groups in total. The van der Waals surface area contributed by atoms with Crippen LogP contribution in [0.3, 0.4) is 0 Å². The maximum Gasteiger partial charge on any atom is 0.257 e. The fourth-order valence-electron chi connectivity index (χ4n) is 3.07. The van der Waals surface area contributed by atoms with Crippen LogP contribution in [0.25, 0.3) is 0 Å². The highest BCUT2D eigenvalue weighted by atomic mass is 32.1. The summed E-state index contributed by atoms with van der Waals surface area (Å²) in [7, 11) is 0. The zero-order valence-corrected chi connectivity index (χ0v) is 16.4. The van der Waals surface area contributed by atoms with Crippen LogP contribution in [0.1, 0.15) is 22.8 Å². The predicted molar refractivity (Wildman–Crippen MR) is 111 cm³/mol. The highest BCUT2D eigenvalue weighted by molar-refractivity contribution is 7.80. The predicted octanol–water partition coefficient (Wildman–Crippen LogP) is 2.92. The molecule has 27 heavy (non-hydrogen) atoms. The molecule has 1 heterocycles. The van der Waals surface area contributed by atoms with E-state index in [0.29, 0.717) is 17.3 Å². The molecule has 0 aliphatic carbocycles. The van der Waals surface area contributed by atoms with Crippen LogP contribution in [0.4, 0.5) is 0 Å². The van der Waals surface area contributed by atoms with Crippen LogP contribution >= 0.6 is 12.2 Å². The molecule has 1 aliphatic rings. The first kappa shape index (κ1) is 19.3. The number of amides is 1. The van der Waals surface area contributed by atoms with Crippen molar-refractivity contribution in [2.75, 3.05) is 32.8 Å². The standard InChI is InChI=1S/C21H25N3O2S/c1-2-26-19-10-8-18(9-11-19)20(25)22-21(27)24-14-12-23(13-15-24)16-17-6-4-3-5-7-17/h3-11H,2,12-16H2,1H3,(H,22,25,27). The van der Waals surface area contributed by atoms with Crippen LogP contribution in [0, 0.1) is 0 Å². The first-order valence-electron chi connectivity index (χ1n) is 9.25. The van der Waals surface area contributed by atoms with Crippen LogP contribution in [-0.4, -0.2) is 53.6 Å². The van der Waals surface area contributed by atoms with E-state index >= 15 is 0 Å². The van der Waals surface area contributed by atoms with Crippen molar-refractivity contribution in [3.8, 4) is 5.75 Å². The smallest absolute Gasteiger partial charge is 0.257 e. The van der Waals surface area contributed by atoms with Gasteiger partial charge in [-0.15, -0.1) is 0 Å². The Kier molecular flexibility index (Phi) is 6.79. The van der Waals surface area contributed by atoms with E-state index in [4.69, 9.17) is 17.0 Å². The molecule has 0 radical (unpaired) electrons. The van der Waals surface area contributed by atoms with Gasteiger partial charge in [0.1, 0.15) is 5.75 Å². The van der Waals surface area contributed by atoms with Crippen molar-refractivity contribution in [1.82, 2.24) is 15.1 Å². The van der Waals surface area contributed by atoms with E-state index in [0.717, 1.165) is 38.5 Å². The van der Waals surface area contributed by atoms with E-state index in [2.05, 4.69) is 39.4 Å². The summed E-state index contributed by atoms with van der Waals surface area (Å²) in [5.74, 6) is 0.570. The van der Waals surface area contributed by atoms with Gasteiger partial charge in [0, 0.05) is 38.3 Å². The molecule has 0 saturated carbocycles. The molecular weight excluding hydrogens is 358 g/mol. The number of benzene rings is 2. The van der Waals surface area contributed by atoms with Gasteiger partial charge in [0.15, 0.2) is 5.11 Å². The molecule has 0 atom stereocenters. The summed E-state index contributed by atoms with van der Waals surface area (Å²) in [5.41, 5.74) is 1.89. The van der Waals surface area contributed by atoms with Crippen molar-refractivity contribution < 1.29 is 9.53 Å². The topological polar surface area (TPSA) is 44.8 Å². The molecule has 6 heteroatoms. The molecule has 2 aromatic rings. The zero-order valence-electron chi connectivity index (χ0n) is 15.6. The Labute approximate surface area is 165 Å². The third kappa shape index (κ3) is 5.52. The number of hydrogen-bond acceptors (Lipinski definition) is 4. The Morgan fingerprint density at radius 1 is 1.04 bits per heavy atom. The summed E-state index contributed by atoms with van der Waals surface area (Å²) >= 11 is 5.44. The summed E-state index contributed by atoms with van der Waals surface area (Å²) in [5, 5.41) is 3.33. The van der Waals surface area contributed by atoms with Crippen LogP contribution in [0.2, 0.25) is 0 Å². The molecule has 1 saturated heterocycles. The molecular formula is C21H25N3O2S. The van der Waals surface area contributed by atoms with Gasteiger partial charge in [0.25, 0.3) is 5.91 Å². The molecule has 142 valence electrons. The number of thiocarbonyl (C=S) groups is 1. The minimum atomic E-state index is -0.185. The summed E-state index contributed by atoms with van der Waals surface area (Å²) in [6.45, 7) is 6.96. The molecule has 1 amide bonds. The maximum absolute atomic E-state index is 12.4. The minimum Gasteiger partial charge on any atom is -0.494 e. The SMILES string of the molecule is CCOc1ccc(C(=O)NC(=S)N2CCN(Cc3ccccc3)CC2)cc1. The van der Waals surface area contributed by atoms with Crippen molar-refractivity contribution in [2.24, 2.45) is 0 Å². The number of nitrogens with zero attached hydrogens (tertiary/aromatic N) is 2. The van der Waals surface area contributed by atoms with Crippen molar-refractivity contribution in [3.05, 3.63) is 65.7 Å². The Morgan fingerprint density at radius 3 is 2.33 bits per heavy atom. The summed E-state index contributed by atoms with van der Waals surface area (Å²) in [6.07, 6.45) is 0. The number of carbonyl (C=O) groups excluding carboxylic acids is 1. The van der Waals surface area contributed by atoms with E-state index < -0.39 is 0 Å². The quantitative estimate of drug-likeness (QED) is 0.805. The van der Waals surface area contributed by atoms with Crippen molar-refractivity contribution >= 4 is 23.2 Å². The number of ether oxygens (including phenoxy) is 1. The lowest BCUT2D eigenvalue weighted by molar-refractivity contribution is 0.0969. The Hall–Kier alpha value is -2.44. The second kappa shape index (κ2) is 9.48.